The fraction of sp³-hybridized carbons (Fsp3) is 0.0476. The minimum Gasteiger partial charge on any atom is -0.478 e. The zero-order valence-corrected chi connectivity index (χ0v) is 13.3. The van der Waals surface area contributed by atoms with Gasteiger partial charge in [0, 0.05) is 11.1 Å². The first kappa shape index (κ1) is 16.5. The first-order valence-electron chi connectivity index (χ1n) is 7.80. The highest BCUT2D eigenvalue weighted by Gasteiger charge is 2.24. The molecule has 0 fully saturated rings. The molecule has 0 aliphatic heterocycles. The summed E-state index contributed by atoms with van der Waals surface area (Å²) in [5, 5.41) is 9.52. The third-order valence-corrected chi connectivity index (χ3v) is 3.74. The summed E-state index contributed by atoms with van der Waals surface area (Å²) in [5.41, 5.74) is 1.36. The Bertz CT molecular complexity index is 873. The molecule has 3 rings (SSSR count). The fourth-order valence-electron chi connectivity index (χ4n) is 2.52. The first-order valence-corrected chi connectivity index (χ1v) is 7.80. The molecular formula is C21H16O4. The van der Waals surface area contributed by atoms with Gasteiger partial charge in [0.25, 0.3) is 0 Å². The lowest BCUT2D eigenvalue weighted by molar-refractivity contribution is -0.145. The van der Waals surface area contributed by atoms with Gasteiger partial charge in [0.15, 0.2) is 5.78 Å². The van der Waals surface area contributed by atoms with Crippen LogP contribution in [-0.4, -0.2) is 16.9 Å². The number of carboxylic acids is 1. The van der Waals surface area contributed by atoms with E-state index in [1.807, 2.05) is 6.07 Å². The molecule has 4 heteroatoms. The Balaban J connectivity index is 1.95. The minimum absolute atomic E-state index is 0.214. The lowest BCUT2D eigenvalue weighted by Gasteiger charge is -2.17. The highest BCUT2D eigenvalue weighted by atomic mass is 16.5. The number of aliphatic carboxylic acids is 1. The van der Waals surface area contributed by atoms with E-state index < -0.39 is 12.1 Å². The number of carboxylic acid groups (broad SMARTS) is 1. The van der Waals surface area contributed by atoms with Crippen LogP contribution in [0.5, 0.6) is 5.75 Å². The monoisotopic (exact) mass is 332 g/mol. The molecule has 0 saturated carbocycles. The van der Waals surface area contributed by atoms with Gasteiger partial charge in [0.05, 0.1) is 5.56 Å². The Labute approximate surface area is 145 Å². The largest absolute Gasteiger partial charge is 0.478 e. The summed E-state index contributed by atoms with van der Waals surface area (Å²) >= 11 is 0. The van der Waals surface area contributed by atoms with Gasteiger partial charge < -0.3 is 9.84 Å². The van der Waals surface area contributed by atoms with Crippen LogP contribution in [0.4, 0.5) is 0 Å². The maximum Gasteiger partial charge on any atom is 0.349 e. The predicted octanol–water partition coefficient (Wildman–Crippen LogP) is 4.12. The van der Waals surface area contributed by atoms with Gasteiger partial charge in [-0.25, -0.2) is 4.79 Å². The molecule has 1 unspecified atom stereocenters. The van der Waals surface area contributed by atoms with Crippen LogP contribution in [0.2, 0.25) is 0 Å². The molecule has 3 aromatic rings. The van der Waals surface area contributed by atoms with Gasteiger partial charge in [0.2, 0.25) is 6.10 Å². The number of hydrogen-bond acceptors (Lipinski definition) is 3. The summed E-state index contributed by atoms with van der Waals surface area (Å²) in [6, 6.07) is 24.1. The number of rotatable bonds is 6. The molecule has 0 spiro atoms. The molecule has 0 bridgehead atoms. The van der Waals surface area contributed by atoms with E-state index in [2.05, 4.69) is 0 Å². The molecule has 0 aliphatic carbocycles. The second-order valence-electron chi connectivity index (χ2n) is 5.44. The Morgan fingerprint density at radius 3 is 1.96 bits per heavy atom. The molecule has 4 nitrogen and oxygen atoms in total. The van der Waals surface area contributed by atoms with Gasteiger partial charge in [0.1, 0.15) is 5.75 Å². The van der Waals surface area contributed by atoms with Crippen LogP contribution < -0.4 is 4.74 Å². The summed E-state index contributed by atoms with van der Waals surface area (Å²) in [4.78, 5) is 24.4. The Hall–Kier alpha value is -3.40. The summed E-state index contributed by atoms with van der Waals surface area (Å²) in [6.07, 6.45) is -1.19. The number of para-hydroxylation sites is 1. The van der Waals surface area contributed by atoms with Crippen LogP contribution >= 0.6 is 0 Å². The summed E-state index contributed by atoms with van der Waals surface area (Å²) in [7, 11) is 0. The second kappa shape index (κ2) is 7.45. The lowest BCUT2D eigenvalue weighted by atomic mass is 10.0. The number of ketones is 1. The van der Waals surface area contributed by atoms with Gasteiger partial charge in [-0.3, -0.25) is 4.79 Å². The molecule has 25 heavy (non-hydrogen) atoms. The van der Waals surface area contributed by atoms with Crippen LogP contribution in [0.25, 0.3) is 0 Å². The van der Waals surface area contributed by atoms with E-state index in [1.54, 1.807) is 78.9 Å². The average molecular weight is 332 g/mol. The summed E-state index contributed by atoms with van der Waals surface area (Å²) in [5.74, 6) is -1.09. The van der Waals surface area contributed by atoms with Crippen molar-refractivity contribution in [3.05, 3.63) is 102 Å². The molecule has 0 aromatic heterocycles. The van der Waals surface area contributed by atoms with E-state index in [-0.39, 0.29) is 11.5 Å². The molecule has 0 saturated heterocycles. The van der Waals surface area contributed by atoms with Gasteiger partial charge in [-0.05, 0) is 12.1 Å². The van der Waals surface area contributed by atoms with E-state index >= 15 is 0 Å². The molecule has 0 amide bonds. The van der Waals surface area contributed by atoms with E-state index in [1.165, 1.54) is 0 Å². The maximum absolute atomic E-state index is 12.7. The quantitative estimate of drug-likeness (QED) is 0.690. The van der Waals surface area contributed by atoms with Crippen molar-refractivity contribution < 1.29 is 19.4 Å². The van der Waals surface area contributed by atoms with E-state index in [0.29, 0.717) is 16.7 Å². The number of hydrogen-bond donors (Lipinski definition) is 1. The Morgan fingerprint density at radius 2 is 1.32 bits per heavy atom. The molecule has 3 aromatic carbocycles. The number of carbonyl (C=O) groups excluding carboxylic acids is 1. The fourth-order valence-corrected chi connectivity index (χ4v) is 2.52. The first-order chi connectivity index (χ1) is 12.2. The van der Waals surface area contributed by atoms with Crippen molar-refractivity contribution >= 4 is 11.8 Å². The van der Waals surface area contributed by atoms with Crippen LogP contribution in [0, 0.1) is 0 Å². The molecule has 0 radical (unpaired) electrons. The Morgan fingerprint density at radius 1 is 0.760 bits per heavy atom. The van der Waals surface area contributed by atoms with Crippen molar-refractivity contribution in [2.45, 2.75) is 6.10 Å². The maximum atomic E-state index is 12.7. The van der Waals surface area contributed by atoms with Crippen LogP contribution in [0.1, 0.15) is 27.6 Å². The highest BCUT2D eigenvalue weighted by molar-refractivity contribution is 6.10. The molecular weight excluding hydrogens is 316 g/mol. The number of benzene rings is 3. The molecule has 1 atom stereocenters. The average Bonchev–Trinajstić information content (AvgIpc) is 2.67. The SMILES string of the molecule is O=C(c1ccccc1)c1ccccc1OC(C(=O)O)c1ccccc1. The van der Waals surface area contributed by atoms with Gasteiger partial charge in [-0.15, -0.1) is 0 Å². The van der Waals surface area contributed by atoms with Gasteiger partial charge in [-0.2, -0.15) is 0 Å². The van der Waals surface area contributed by atoms with Crippen molar-refractivity contribution in [3.63, 3.8) is 0 Å². The van der Waals surface area contributed by atoms with Crippen molar-refractivity contribution in [2.75, 3.05) is 0 Å². The molecule has 0 heterocycles. The topological polar surface area (TPSA) is 63.6 Å². The summed E-state index contributed by atoms with van der Waals surface area (Å²) < 4.78 is 5.72. The van der Waals surface area contributed by atoms with Crippen molar-refractivity contribution in [1.29, 1.82) is 0 Å². The summed E-state index contributed by atoms with van der Waals surface area (Å²) in [6.45, 7) is 0. The second-order valence-corrected chi connectivity index (χ2v) is 5.44. The zero-order chi connectivity index (χ0) is 17.6. The minimum atomic E-state index is -1.19. The van der Waals surface area contributed by atoms with Crippen LogP contribution in [0.3, 0.4) is 0 Å². The van der Waals surface area contributed by atoms with Gasteiger partial charge in [-0.1, -0.05) is 72.8 Å². The standard InChI is InChI=1S/C21H16O4/c22-19(15-9-3-1-4-10-15)17-13-7-8-14-18(17)25-20(21(23)24)16-11-5-2-6-12-16/h1-14,20H,(H,23,24). The predicted molar refractivity (Wildman–Crippen MR) is 93.8 cm³/mol. The number of ether oxygens (including phenoxy) is 1. The molecule has 124 valence electrons. The molecule has 0 aliphatic rings. The van der Waals surface area contributed by atoms with Crippen LogP contribution in [0.15, 0.2) is 84.9 Å². The van der Waals surface area contributed by atoms with Crippen molar-refractivity contribution in [1.82, 2.24) is 0 Å². The third-order valence-electron chi connectivity index (χ3n) is 3.74. The van der Waals surface area contributed by atoms with Crippen LogP contribution in [-0.2, 0) is 4.79 Å². The smallest absolute Gasteiger partial charge is 0.349 e. The van der Waals surface area contributed by atoms with E-state index in [9.17, 15) is 14.7 Å². The van der Waals surface area contributed by atoms with Gasteiger partial charge >= 0.3 is 5.97 Å². The van der Waals surface area contributed by atoms with Crippen molar-refractivity contribution in [2.24, 2.45) is 0 Å². The highest BCUT2D eigenvalue weighted by Crippen LogP contribution is 2.27. The third kappa shape index (κ3) is 3.75. The van der Waals surface area contributed by atoms with E-state index in [0.717, 1.165) is 0 Å². The lowest BCUT2D eigenvalue weighted by Crippen LogP contribution is -2.19. The van der Waals surface area contributed by atoms with E-state index in [4.69, 9.17) is 4.74 Å². The van der Waals surface area contributed by atoms with Crippen molar-refractivity contribution in [3.8, 4) is 5.75 Å². The zero-order valence-electron chi connectivity index (χ0n) is 13.3. The number of carbonyl (C=O) groups is 2. The normalized spacial score (nSPS) is 11.5. The molecule has 1 N–H and O–H groups in total. The Kier molecular flexibility index (Phi) is 4.90.